The van der Waals surface area contributed by atoms with Crippen molar-refractivity contribution in [1.82, 2.24) is 15.1 Å². The molecule has 1 heterocycles. The number of hydrogen-bond acceptors (Lipinski definition) is 2. The van der Waals surface area contributed by atoms with Gasteiger partial charge in [0.05, 0.1) is 5.69 Å². The Morgan fingerprint density at radius 2 is 1.95 bits per heavy atom. The van der Waals surface area contributed by atoms with Crippen LogP contribution in [0.5, 0.6) is 0 Å². The van der Waals surface area contributed by atoms with E-state index in [4.69, 9.17) is 0 Å². The van der Waals surface area contributed by atoms with Gasteiger partial charge in [-0.1, -0.05) is 6.92 Å². The lowest BCUT2D eigenvalue weighted by Crippen LogP contribution is -2.33. The van der Waals surface area contributed by atoms with Gasteiger partial charge >= 0.3 is 6.18 Å². The van der Waals surface area contributed by atoms with Crippen LogP contribution in [0.15, 0.2) is 0 Å². The summed E-state index contributed by atoms with van der Waals surface area (Å²) in [6.45, 7) is 6.61. The van der Waals surface area contributed by atoms with Crippen molar-refractivity contribution in [1.29, 1.82) is 0 Å². The van der Waals surface area contributed by atoms with Gasteiger partial charge in [-0.2, -0.15) is 18.3 Å². The normalized spacial score (nSPS) is 13.8. The molecule has 0 aromatic carbocycles. The van der Waals surface area contributed by atoms with Gasteiger partial charge < -0.3 is 5.32 Å². The molecular weight excluding hydrogens is 267 g/mol. The molecule has 0 aliphatic rings. The van der Waals surface area contributed by atoms with Crippen LogP contribution in [0.3, 0.4) is 0 Å². The van der Waals surface area contributed by atoms with Crippen molar-refractivity contribution < 1.29 is 13.2 Å². The predicted molar refractivity (Wildman–Crippen MR) is 73.8 cm³/mol. The molecule has 0 amide bonds. The molecule has 0 radical (unpaired) electrons. The smallest absolute Gasteiger partial charge is 0.314 e. The molecule has 1 N–H and O–H groups in total. The summed E-state index contributed by atoms with van der Waals surface area (Å²) in [5.74, 6) is 0. The lowest BCUT2D eigenvalue weighted by Gasteiger charge is -2.19. The quantitative estimate of drug-likeness (QED) is 0.835. The summed E-state index contributed by atoms with van der Waals surface area (Å²) in [5.41, 5.74) is 2.99. The van der Waals surface area contributed by atoms with E-state index >= 15 is 0 Å². The minimum Gasteiger partial charge on any atom is -0.314 e. The van der Waals surface area contributed by atoms with Crippen LogP contribution in [0.25, 0.3) is 0 Å². The molecule has 1 atom stereocenters. The number of aryl methyl sites for hydroxylation is 2. The fraction of sp³-hybridized carbons (Fsp3) is 0.786. The van der Waals surface area contributed by atoms with E-state index in [0.29, 0.717) is 6.42 Å². The SMILES string of the molecule is CCCNC(CCC(F)(F)F)Cc1c(C)nn(C)c1C. The van der Waals surface area contributed by atoms with E-state index in [-0.39, 0.29) is 12.5 Å². The van der Waals surface area contributed by atoms with E-state index in [1.165, 1.54) is 0 Å². The average molecular weight is 291 g/mol. The van der Waals surface area contributed by atoms with Crippen LogP contribution in [0.1, 0.15) is 43.1 Å². The van der Waals surface area contributed by atoms with Crippen molar-refractivity contribution in [3.8, 4) is 0 Å². The highest BCUT2D eigenvalue weighted by Crippen LogP contribution is 2.24. The van der Waals surface area contributed by atoms with E-state index in [2.05, 4.69) is 10.4 Å². The van der Waals surface area contributed by atoms with Gasteiger partial charge in [0.2, 0.25) is 0 Å². The van der Waals surface area contributed by atoms with Gasteiger partial charge in [-0.3, -0.25) is 4.68 Å². The summed E-state index contributed by atoms with van der Waals surface area (Å²) in [6, 6.07) is -0.154. The van der Waals surface area contributed by atoms with Gasteiger partial charge in [-0.25, -0.2) is 0 Å². The van der Waals surface area contributed by atoms with Crippen LogP contribution in [0.4, 0.5) is 13.2 Å². The highest BCUT2D eigenvalue weighted by atomic mass is 19.4. The van der Waals surface area contributed by atoms with Crippen molar-refractivity contribution in [3.63, 3.8) is 0 Å². The first kappa shape index (κ1) is 17.0. The molecule has 0 bridgehead atoms. The number of rotatable bonds is 7. The first-order valence-electron chi connectivity index (χ1n) is 7.03. The fourth-order valence-electron chi connectivity index (χ4n) is 2.32. The lowest BCUT2D eigenvalue weighted by atomic mass is 10.00. The summed E-state index contributed by atoms with van der Waals surface area (Å²) in [6.07, 6.45) is -3.22. The van der Waals surface area contributed by atoms with Crippen LogP contribution in [-0.4, -0.2) is 28.5 Å². The van der Waals surface area contributed by atoms with Crippen molar-refractivity contribution in [3.05, 3.63) is 17.0 Å². The number of hydrogen-bond donors (Lipinski definition) is 1. The molecule has 0 aliphatic heterocycles. The Kier molecular flexibility index (Phi) is 6.05. The standard InChI is InChI=1S/C14H24F3N3/c1-5-8-18-12(6-7-14(15,16)17)9-13-10(2)19-20(4)11(13)3/h12,18H,5-9H2,1-4H3. The van der Waals surface area contributed by atoms with Crippen molar-refractivity contribution in [2.24, 2.45) is 7.05 Å². The molecule has 1 aromatic heterocycles. The topological polar surface area (TPSA) is 29.9 Å². The molecule has 3 nitrogen and oxygen atoms in total. The Bertz CT molecular complexity index is 424. The van der Waals surface area contributed by atoms with Crippen molar-refractivity contribution in [2.45, 2.75) is 58.7 Å². The first-order chi connectivity index (χ1) is 9.24. The van der Waals surface area contributed by atoms with Crippen LogP contribution >= 0.6 is 0 Å². The molecular formula is C14H24F3N3. The third-order valence-electron chi connectivity index (χ3n) is 3.57. The Balaban J connectivity index is 2.73. The van der Waals surface area contributed by atoms with E-state index in [1.807, 2.05) is 27.8 Å². The van der Waals surface area contributed by atoms with Gasteiger partial charge in [0.15, 0.2) is 0 Å². The third kappa shape index (κ3) is 5.15. The maximum Gasteiger partial charge on any atom is 0.389 e. The molecule has 0 saturated heterocycles. The van der Waals surface area contributed by atoms with Crippen molar-refractivity contribution >= 4 is 0 Å². The number of alkyl halides is 3. The molecule has 1 aromatic rings. The molecule has 6 heteroatoms. The molecule has 116 valence electrons. The number of halogens is 3. The Labute approximate surface area is 118 Å². The lowest BCUT2D eigenvalue weighted by molar-refractivity contribution is -0.136. The van der Waals surface area contributed by atoms with E-state index in [9.17, 15) is 13.2 Å². The van der Waals surface area contributed by atoms with E-state index < -0.39 is 12.6 Å². The second kappa shape index (κ2) is 7.11. The zero-order valence-corrected chi connectivity index (χ0v) is 12.6. The summed E-state index contributed by atoms with van der Waals surface area (Å²) >= 11 is 0. The highest BCUT2D eigenvalue weighted by molar-refractivity contribution is 5.25. The molecule has 1 rings (SSSR count). The van der Waals surface area contributed by atoms with E-state index in [1.54, 1.807) is 4.68 Å². The molecule has 0 saturated carbocycles. The fourth-order valence-corrected chi connectivity index (χ4v) is 2.32. The summed E-state index contributed by atoms with van der Waals surface area (Å²) in [4.78, 5) is 0. The number of nitrogens with one attached hydrogen (secondary N) is 1. The Morgan fingerprint density at radius 3 is 2.40 bits per heavy atom. The molecule has 0 spiro atoms. The maximum absolute atomic E-state index is 12.4. The third-order valence-corrected chi connectivity index (χ3v) is 3.57. The summed E-state index contributed by atoms with van der Waals surface area (Å²) in [7, 11) is 1.86. The van der Waals surface area contributed by atoms with Crippen LogP contribution < -0.4 is 5.32 Å². The highest BCUT2D eigenvalue weighted by Gasteiger charge is 2.28. The molecule has 0 fully saturated rings. The van der Waals surface area contributed by atoms with Gasteiger partial charge in [0, 0.05) is 25.2 Å². The van der Waals surface area contributed by atoms with Crippen LogP contribution in [-0.2, 0) is 13.5 Å². The molecule has 0 aliphatic carbocycles. The monoisotopic (exact) mass is 291 g/mol. The summed E-state index contributed by atoms with van der Waals surface area (Å²) in [5, 5.41) is 7.54. The van der Waals surface area contributed by atoms with E-state index in [0.717, 1.165) is 29.9 Å². The van der Waals surface area contributed by atoms with Crippen molar-refractivity contribution in [2.75, 3.05) is 6.54 Å². The largest absolute Gasteiger partial charge is 0.389 e. The van der Waals surface area contributed by atoms with Gasteiger partial charge in [0.25, 0.3) is 0 Å². The van der Waals surface area contributed by atoms with Gasteiger partial charge in [-0.15, -0.1) is 0 Å². The number of nitrogens with zero attached hydrogens (tertiary/aromatic N) is 2. The van der Waals surface area contributed by atoms with Crippen LogP contribution in [0, 0.1) is 13.8 Å². The minimum absolute atomic E-state index is 0.108. The van der Waals surface area contributed by atoms with Gasteiger partial charge in [0.1, 0.15) is 0 Å². The minimum atomic E-state index is -4.09. The maximum atomic E-state index is 12.4. The van der Waals surface area contributed by atoms with Crippen LogP contribution in [0.2, 0.25) is 0 Å². The Hall–Kier alpha value is -1.04. The zero-order chi connectivity index (χ0) is 15.3. The molecule has 1 unspecified atom stereocenters. The second-order valence-electron chi connectivity index (χ2n) is 5.28. The number of aromatic nitrogens is 2. The Morgan fingerprint density at radius 1 is 1.30 bits per heavy atom. The van der Waals surface area contributed by atoms with Gasteiger partial charge in [-0.05, 0) is 45.2 Å². The predicted octanol–water partition coefficient (Wildman–Crippen LogP) is 3.29. The second-order valence-corrected chi connectivity index (χ2v) is 5.28. The molecule has 20 heavy (non-hydrogen) atoms. The average Bonchev–Trinajstić information content (AvgIpc) is 2.57. The summed E-state index contributed by atoms with van der Waals surface area (Å²) < 4.78 is 39.0. The zero-order valence-electron chi connectivity index (χ0n) is 12.6. The first-order valence-corrected chi connectivity index (χ1v) is 7.03.